The highest BCUT2D eigenvalue weighted by molar-refractivity contribution is 5.37. The van der Waals surface area contributed by atoms with Crippen LogP contribution in [-0.2, 0) is 6.42 Å². The van der Waals surface area contributed by atoms with Crippen LogP contribution < -0.4 is 0 Å². The molecule has 0 aliphatic heterocycles. The first-order chi connectivity index (χ1) is 9.06. The number of aryl methyl sites for hydroxylation is 1. The molecule has 1 aromatic carbocycles. The molecule has 2 aromatic rings. The lowest BCUT2D eigenvalue weighted by atomic mass is 10.0. The van der Waals surface area contributed by atoms with Crippen LogP contribution in [-0.4, -0.2) is 4.57 Å². The maximum atomic E-state index is 2.28. The van der Waals surface area contributed by atoms with Gasteiger partial charge in [0.2, 0.25) is 0 Å². The van der Waals surface area contributed by atoms with Gasteiger partial charge in [-0.15, -0.1) is 0 Å². The summed E-state index contributed by atoms with van der Waals surface area (Å²) in [6.07, 6.45) is 6.86. The highest BCUT2D eigenvalue weighted by atomic mass is 14.9. The van der Waals surface area contributed by atoms with Crippen LogP contribution in [0.25, 0.3) is 5.69 Å². The number of benzene rings is 1. The van der Waals surface area contributed by atoms with E-state index in [0.29, 0.717) is 5.92 Å². The molecule has 2 rings (SSSR count). The van der Waals surface area contributed by atoms with E-state index in [1.165, 1.54) is 29.7 Å². The predicted octanol–water partition coefficient (Wildman–Crippen LogP) is 5.19. The van der Waals surface area contributed by atoms with E-state index in [2.05, 4.69) is 75.0 Å². The van der Waals surface area contributed by atoms with Crippen LogP contribution in [0.4, 0.5) is 0 Å². The van der Waals surface area contributed by atoms with E-state index in [-0.39, 0.29) is 0 Å². The third-order valence-electron chi connectivity index (χ3n) is 3.62. The van der Waals surface area contributed by atoms with Gasteiger partial charge in [0.1, 0.15) is 0 Å². The van der Waals surface area contributed by atoms with E-state index >= 15 is 0 Å². The zero-order valence-corrected chi connectivity index (χ0v) is 12.6. The van der Waals surface area contributed by atoms with E-state index in [9.17, 15) is 0 Å². The topological polar surface area (TPSA) is 4.93 Å². The van der Waals surface area contributed by atoms with Gasteiger partial charge in [-0.05, 0) is 54.0 Å². The van der Waals surface area contributed by atoms with Gasteiger partial charge in [-0.3, -0.25) is 0 Å². The lowest BCUT2D eigenvalue weighted by molar-refractivity contribution is 0.587. The molecule has 0 fully saturated rings. The van der Waals surface area contributed by atoms with E-state index in [0.717, 1.165) is 5.92 Å². The van der Waals surface area contributed by atoms with E-state index in [1.807, 2.05) is 0 Å². The van der Waals surface area contributed by atoms with Gasteiger partial charge in [0.15, 0.2) is 0 Å². The summed E-state index contributed by atoms with van der Waals surface area (Å²) in [4.78, 5) is 0. The molecule has 0 radical (unpaired) electrons. The Morgan fingerprint density at radius 2 is 1.63 bits per heavy atom. The molecule has 1 heterocycles. The van der Waals surface area contributed by atoms with Crippen LogP contribution in [0.2, 0.25) is 0 Å². The zero-order chi connectivity index (χ0) is 13.8. The lowest BCUT2D eigenvalue weighted by Crippen LogP contribution is -1.93. The molecule has 0 aliphatic carbocycles. The van der Waals surface area contributed by atoms with Crippen LogP contribution in [0.15, 0.2) is 42.7 Å². The van der Waals surface area contributed by atoms with Gasteiger partial charge >= 0.3 is 0 Å². The number of nitrogens with zero attached hydrogens (tertiary/aromatic N) is 1. The Hall–Kier alpha value is -1.50. The van der Waals surface area contributed by atoms with Gasteiger partial charge in [0.05, 0.1) is 0 Å². The Kier molecular flexibility index (Phi) is 4.47. The lowest BCUT2D eigenvalue weighted by Gasteiger charge is -2.07. The summed E-state index contributed by atoms with van der Waals surface area (Å²) in [6.45, 7) is 9.02. The highest BCUT2D eigenvalue weighted by Crippen LogP contribution is 2.18. The summed E-state index contributed by atoms with van der Waals surface area (Å²) >= 11 is 0. The largest absolute Gasteiger partial charge is 0.324 e. The summed E-state index contributed by atoms with van der Waals surface area (Å²) < 4.78 is 2.22. The molecule has 0 amide bonds. The molecule has 1 heteroatoms. The van der Waals surface area contributed by atoms with Gasteiger partial charge in [-0.1, -0.05) is 39.8 Å². The molecule has 0 bridgehead atoms. The Balaban J connectivity index is 2.09. The maximum absolute atomic E-state index is 2.28. The number of aromatic nitrogens is 1. The number of hydrogen-bond donors (Lipinski definition) is 0. The van der Waals surface area contributed by atoms with E-state index in [4.69, 9.17) is 0 Å². The van der Waals surface area contributed by atoms with Crippen molar-refractivity contribution in [1.29, 1.82) is 0 Å². The standard InChI is InChI=1S/C18H25N/c1-14(2)5-6-16-11-12-19(13-16)18-9-7-17(8-10-18)15(3)4/h7-15H,5-6H2,1-4H3. The number of rotatable bonds is 5. The molecule has 1 aromatic heterocycles. The van der Waals surface area contributed by atoms with Crippen molar-refractivity contribution in [3.05, 3.63) is 53.9 Å². The SMILES string of the molecule is CC(C)CCc1ccn(-c2ccc(C(C)C)cc2)c1. The Labute approximate surface area is 117 Å². The molecule has 0 N–H and O–H groups in total. The van der Waals surface area contributed by atoms with Gasteiger partial charge < -0.3 is 4.57 Å². The summed E-state index contributed by atoms with van der Waals surface area (Å²) in [7, 11) is 0. The first kappa shape index (κ1) is 13.9. The Morgan fingerprint density at radius 3 is 2.21 bits per heavy atom. The molecular formula is C18H25N. The molecule has 0 atom stereocenters. The minimum Gasteiger partial charge on any atom is -0.324 e. The molecule has 19 heavy (non-hydrogen) atoms. The quantitative estimate of drug-likeness (QED) is 0.693. The monoisotopic (exact) mass is 255 g/mol. The molecule has 102 valence electrons. The minimum absolute atomic E-state index is 0.598. The van der Waals surface area contributed by atoms with Crippen molar-refractivity contribution >= 4 is 0 Å². The fourth-order valence-corrected chi connectivity index (χ4v) is 2.24. The second-order valence-corrected chi connectivity index (χ2v) is 6.11. The second kappa shape index (κ2) is 6.10. The van der Waals surface area contributed by atoms with Crippen LogP contribution in [0.1, 0.15) is 51.2 Å². The first-order valence-corrected chi connectivity index (χ1v) is 7.33. The smallest absolute Gasteiger partial charge is 0.0449 e. The van der Waals surface area contributed by atoms with Crippen LogP contribution in [0.3, 0.4) is 0 Å². The van der Waals surface area contributed by atoms with E-state index < -0.39 is 0 Å². The normalized spacial score (nSPS) is 11.5. The average Bonchev–Trinajstić information content (AvgIpc) is 2.85. The van der Waals surface area contributed by atoms with Gasteiger partial charge in [0, 0.05) is 18.1 Å². The van der Waals surface area contributed by atoms with Crippen molar-refractivity contribution in [2.24, 2.45) is 5.92 Å². The number of hydrogen-bond acceptors (Lipinski definition) is 0. The van der Waals surface area contributed by atoms with Crippen LogP contribution in [0.5, 0.6) is 0 Å². The first-order valence-electron chi connectivity index (χ1n) is 7.33. The van der Waals surface area contributed by atoms with Crippen molar-refractivity contribution in [3.8, 4) is 5.69 Å². The summed E-state index contributed by atoms with van der Waals surface area (Å²) in [5, 5.41) is 0. The third kappa shape index (κ3) is 3.73. The Bertz CT molecular complexity index is 503. The summed E-state index contributed by atoms with van der Waals surface area (Å²) in [5.74, 6) is 1.37. The van der Waals surface area contributed by atoms with Crippen LogP contribution in [0, 0.1) is 5.92 Å². The van der Waals surface area contributed by atoms with Gasteiger partial charge in [-0.25, -0.2) is 0 Å². The Morgan fingerprint density at radius 1 is 0.947 bits per heavy atom. The van der Waals surface area contributed by atoms with Crippen LogP contribution >= 0.6 is 0 Å². The van der Waals surface area contributed by atoms with Gasteiger partial charge in [0.25, 0.3) is 0 Å². The molecule has 0 aliphatic rings. The van der Waals surface area contributed by atoms with Crippen molar-refractivity contribution in [2.45, 2.75) is 46.5 Å². The summed E-state index contributed by atoms with van der Waals surface area (Å²) in [6, 6.07) is 11.1. The van der Waals surface area contributed by atoms with E-state index in [1.54, 1.807) is 0 Å². The molecule has 0 spiro atoms. The molecule has 0 unspecified atom stereocenters. The third-order valence-corrected chi connectivity index (χ3v) is 3.62. The maximum Gasteiger partial charge on any atom is 0.0449 e. The molecular weight excluding hydrogens is 230 g/mol. The summed E-state index contributed by atoms with van der Waals surface area (Å²) in [5.41, 5.74) is 4.08. The average molecular weight is 255 g/mol. The fraction of sp³-hybridized carbons (Fsp3) is 0.444. The second-order valence-electron chi connectivity index (χ2n) is 6.11. The van der Waals surface area contributed by atoms with Crippen molar-refractivity contribution in [2.75, 3.05) is 0 Å². The van der Waals surface area contributed by atoms with Crippen molar-refractivity contribution in [3.63, 3.8) is 0 Å². The van der Waals surface area contributed by atoms with Gasteiger partial charge in [-0.2, -0.15) is 0 Å². The predicted molar refractivity (Wildman–Crippen MR) is 83.0 cm³/mol. The zero-order valence-electron chi connectivity index (χ0n) is 12.6. The van der Waals surface area contributed by atoms with Crippen molar-refractivity contribution in [1.82, 2.24) is 4.57 Å². The molecule has 0 saturated heterocycles. The minimum atomic E-state index is 0.598. The molecule has 0 saturated carbocycles. The highest BCUT2D eigenvalue weighted by Gasteiger charge is 2.02. The van der Waals surface area contributed by atoms with Crippen molar-refractivity contribution < 1.29 is 0 Å². The molecule has 1 nitrogen and oxygen atoms in total. The fourth-order valence-electron chi connectivity index (χ4n) is 2.24.